The van der Waals surface area contributed by atoms with Crippen LogP contribution in [0.1, 0.15) is 0 Å². The first kappa shape index (κ1) is 12.2. The molecule has 1 aromatic carbocycles. The molecule has 0 bridgehead atoms. The largest absolute Gasteiger partial charge is 0.493 e. The number of para-hydroxylation sites is 1. The highest BCUT2D eigenvalue weighted by molar-refractivity contribution is 5.81. The Labute approximate surface area is 105 Å². The summed E-state index contributed by atoms with van der Waals surface area (Å²) < 4.78 is 15.7. The molecule has 1 aromatic rings. The van der Waals surface area contributed by atoms with Crippen LogP contribution in [0.15, 0.2) is 42.5 Å². The first-order chi connectivity index (χ1) is 8.76. The van der Waals surface area contributed by atoms with Gasteiger partial charge in [-0.05, 0) is 12.1 Å². The molecule has 0 N–H and O–H groups in total. The van der Waals surface area contributed by atoms with Gasteiger partial charge in [-0.3, -0.25) is 4.79 Å². The van der Waals surface area contributed by atoms with E-state index in [1.807, 2.05) is 12.2 Å². The number of rotatable bonds is 4. The zero-order valence-corrected chi connectivity index (χ0v) is 10.3. The molecule has 0 aliphatic heterocycles. The second-order valence-electron chi connectivity index (χ2n) is 3.71. The summed E-state index contributed by atoms with van der Waals surface area (Å²) in [5.41, 5.74) is 0. The topological polar surface area (TPSA) is 44.8 Å². The summed E-state index contributed by atoms with van der Waals surface area (Å²) >= 11 is 0. The molecule has 0 fully saturated rings. The quantitative estimate of drug-likeness (QED) is 0.604. The predicted octanol–water partition coefficient (Wildman–Crippen LogP) is 2.35. The van der Waals surface area contributed by atoms with Crippen LogP contribution in [0.3, 0.4) is 0 Å². The van der Waals surface area contributed by atoms with Crippen LogP contribution in [0, 0.1) is 5.92 Å². The first-order valence-corrected chi connectivity index (χ1v) is 5.54. The van der Waals surface area contributed by atoms with Gasteiger partial charge >= 0.3 is 5.97 Å². The average Bonchev–Trinajstić information content (AvgIpc) is 2.93. The highest BCUT2D eigenvalue weighted by Gasteiger charge is 2.21. The molecule has 94 valence electrons. The molecule has 0 heterocycles. The van der Waals surface area contributed by atoms with Gasteiger partial charge in [0.05, 0.1) is 20.1 Å². The summed E-state index contributed by atoms with van der Waals surface area (Å²) in [7, 11) is 3.03. The highest BCUT2D eigenvalue weighted by Crippen LogP contribution is 2.37. The molecule has 4 heteroatoms. The van der Waals surface area contributed by atoms with Gasteiger partial charge in [-0.2, -0.15) is 0 Å². The van der Waals surface area contributed by atoms with E-state index < -0.39 is 0 Å². The standard InChI is InChI=1S/C14H14O4/c1-16-11-8-5-9-12(17-2)13(11)18-14(15)10-6-3-4-7-10/h3-10H,1-2H3. The van der Waals surface area contributed by atoms with Crippen LogP contribution in [0.4, 0.5) is 0 Å². The molecule has 0 saturated carbocycles. The zero-order chi connectivity index (χ0) is 13.0. The Morgan fingerprint density at radius 1 is 1.06 bits per heavy atom. The molecule has 0 saturated heterocycles. The summed E-state index contributed by atoms with van der Waals surface area (Å²) in [6.45, 7) is 0. The summed E-state index contributed by atoms with van der Waals surface area (Å²) in [5.74, 6) is 0.533. The number of carbonyl (C=O) groups is 1. The number of allylic oxidation sites excluding steroid dienone is 2. The zero-order valence-electron chi connectivity index (χ0n) is 10.3. The maximum atomic E-state index is 11.9. The Balaban J connectivity index is 2.24. The SMILES string of the molecule is COc1cccc(OC)c1OC(=O)C1C=CC=C1. The molecule has 2 rings (SSSR count). The van der Waals surface area contributed by atoms with Crippen molar-refractivity contribution in [1.29, 1.82) is 0 Å². The Morgan fingerprint density at radius 3 is 2.11 bits per heavy atom. The van der Waals surface area contributed by atoms with Crippen molar-refractivity contribution in [2.45, 2.75) is 0 Å². The van der Waals surface area contributed by atoms with Crippen molar-refractivity contribution in [2.24, 2.45) is 5.92 Å². The Morgan fingerprint density at radius 2 is 1.61 bits per heavy atom. The van der Waals surface area contributed by atoms with Crippen LogP contribution in [-0.2, 0) is 4.79 Å². The minimum absolute atomic E-state index is 0.307. The lowest BCUT2D eigenvalue weighted by Gasteiger charge is -2.13. The number of methoxy groups -OCH3 is 2. The number of hydrogen-bond donors (Lipinski definition) is 0. The third-order valence-corrected chi connectivity index (χ3v) is 2.61. The smallest absolute Gasteiger partial charge is 0.322 e. The molecule has 0 atom stereocenters. The third kappa shape index (κ3) is 2.37. The van der Waals surface area contributed by atoms with Gasteiger partial charge in [0.25, 0.3) is 0 Å². The van der Waals surface area contributed by atoms with E-state index in [0.29, 0.717) is 17.2 Å². The lowest BCUT2D eigenvalue weighted by molar-refractivity contribution is -0.136. The van der Waals surface area contributed by atoms with Gasteiger partial charge in [0, 0.05) is 0 Å². The second kappa shape index (κ2) is 5.40. The van der Waals surface area contributed by atoms with E-state index in [-0.39, 0.29) is 11.9 Å². The fraction of sp³-hybridized carbons (Fsp3) is 0.214. The second-order valence-corrected chi connectivity index (χ2v) is 3.71. The van der Waals surface area contributed by atoms with E-state index in [2.05, 4.69) is 0 Å². The van der Waals surface area contributed by atoms with E-state index in [0.717, 1.165) is 0 Å². The van der Waals surface area contributed by atoms with Crippen molar-refractivity contribution < 1.29 is 19.0 Å². The normalized spacial score (nSPS) is 13.7. The van der Waals surface area contributed by atoms with Gasteiger partial charge in [-0.1, -0.05) is 30.4 Å². The highest BCUT2D eigenvalue weighted by atomic mass is 16.6. The van der Waals surface area contributed by atoms with Crippen molar-refractivity contribution in [3.05, 3.63) is 42.5 Å². The fourth-order valence-corrected chi connectivity index (χ4v) is 1.68. The summed E-state index contributed by atoms with van der Waals surface area (Å²) in [6.07, 6.45) is 7.16. The Bertz CT molecular complexity index is 468. The molecule has 0 amide bonds. The number of carbonyl (C=O) groups excluding carboxylic acids is 1. The van der Waals surface area contributed by atoms with Crippen LogP contribution in [0.5, 0.6) is 17.2 Å². The summed E-state index contributed by atoms with van der Waals surface area (Å²) in [4.78, 5) is 11.9. The lowest BCUT2D eigenvalue weighted by atomic mass is 10.2. The van der Waals surface area contributed by atoms with Crippen LogP contribution in [0.25, 0.3) is 0 Å². The first-order valence-electron chi connectivity index (χ1n) is 5.54. The minimum atomic E-state index is -0.359. The minimum Gasteiger partial charge on any atom is -0.493 e. The van der Waals surface area contributed by atoms with Crippen molar-refractivity contribution in [3.8, 4) is 17.2 Å². The molecule has 0 spiro atoms. The van der Waals surface area contributed by atoms with Crippen molar-refractivity contribution in [1.82, 2.24) is 0 Å². The molecule has 0 radical (unpaired) electrons. The summed E-state index contributed by atoms with van der Waals surface area (Å²) in [5, 5.41) is 0. The van der Waals surface area contributed by atoms with Crippen molar-refractivity contribution in [3.63, 3.8) is 0 Å². The van der Waals surface area contributed by atoms with Crippen LogP contribution >= 0.6 is 0 Å². The molecule has 18 heavy (non-hydrogen) atoms. The van der Waals surface area contributed by atoms with E-state index in [9.17, 15) is 4.79 Å². The number of ether oxygens (including phenoxy) is 3. The average molecular weight is 246 g/mol. The Kier molecular flexibility index (Phi) is 3.67. The molecule has 1 aliphatic carbocycles. The van der Waals surface area contributed by atoms with Gasteiger partial charge in [0.2, 0.25) is 5.75 Å². The van der Waals surface area contributed by atoms with Crippen molar-refractivity contribution in [2.75, 3.05) is 14.2 Å². The van der Waals surface area contributed by atoms with E-state index in [1.165, 1.54) is 14.2 Å². The Hall–Kier alpha value is -2.23. The molecular formula is C14H14O4. The molecule has 0 unspecified atom stereocenters. The van der Waals surface area contributed by atoms with Gasteiger partial charge in [-0.25, -0.2) is 0 Å². The van der Waals surface area contributed by atoms with Gasteiger partial charge in [0.1, 0.15) is 0 Å². The number of hydrogen-bond acceptors (Lipinski definition) is 4. The maximum Gasteiger partial charge on any atom is 0.322 e. The molecule has 4 nitrogen and oxygen atoms in total. The van der Waals surface area contributed by atoms with Crippen molar-refractivity contribution >= 4 is 5.97 Å². The number of benzene rings is 1. The number of esters is 1. The van der Waals surface area contributed by atoms with E-state index >= 15 is 0 Å². The van der Waals surface area contributed by atoms with Crippen LogP contribution in [0.2, 0.25) is 0 Å². The lowest BCUT2D eigenvalue weighted by Crippen LogP contribution is -2.16. The third-order valence-electron chi connectivity index (χ3n) is 2.61. The monoisotopic (exact) mass is 246 g/mol. The van der Waals surface area contributed by atoms with Gasteiger partial charge in [0.15, 0.2) is 11.5 Å². The molecule has 1 aliphatic rings. The van der Waals surface area contributed by atoms with E-state index in [1.54, 1.807) is 30.4 Å². The fourth-order valence-electron chi connectivity index (χ4n) is 1.68. The predicted molar refractivity (Wildman–Crippen MR) is 67.0 cm³/mol. The van der Waals surface area contributed by atoms with Gasteiger partial charge < -0.3 is 14.2 Å². The summed E-state index contributed by atoms with van der Waals surface area (Å²) in [6, 6.07) is 5.20. The maximum absolute atomic E-state index is 11.9. The van der Waals surface area contributed by atoms with Gasteiger partial charge in [-0.15, -0.1) is 0 Å². The van der Waals surface area contributed by atoms with Crippen LogP contribution < -0.4 is 14.2 Å². The van der Waals surface area contributed by atoms with E-state index in [4.69, 9.17) is 14.2 Å². The molecule has 0 aromatic heterocycles. The molecular weight excluding hydrogens is 232 g/mol. The van der Waals surface area contributed by atoms with Crippen LogP contribution in [-0.4, -0.2) is 20.2 Å².